The van der Waals surface area contributed by atoms with Crippen molar-refractivity contribution in [3.8, 4) is 5.75 Å². The summed E-state index contributed by atoms with van der Waals surface area (Å²) in [5.74, 6) is 1.75. The van der Waals surface area contributed by atoms with Crippen LogP contribution in [0.15, 0.2) is 24.3 Å². The quantitative estimate of drug-likeness (QED) is 0.551. The molecule has 0 aliphatic rings. The molecule has 0 aromatic heterocycles. The smallest absolute Gasteiger partial charge is 0.163 e. The SMILES string of the molecule is CC(=O)c1ccccc1OCCSCC(O)CO. The van der Waals surface area contributed by atoms with Gasteiger partial charge in [-0.3, -0.25) is 4.79 Å². The molecular formula is C13H18O4S. The van der Waals surface area contributed by atoms with Crippen LogP contribution in [0.3, 0.4) is 0 Å². The largest absolute Gasteiger partial charge is 0.492 e. The minimum absolute atomic E-state index is 0.0195. The van der Waals surface area contributed by atoms with Crippen LogP contribution in [0.2, 0.25) is 0 Å². The molecule has 0 amide bonds. The number of Topliss-reactive ketones (excluding diaryl/α,β-unsaturated/α-hetero) is 1. The average molecular weight is 270 g/mol. The first-order valence-corrected chi connectivity index (χ1v) is 6.90. The van der Waals surface area contributed by atoms with E-state index in [9.17, 15) is 4.79 Å². The molecule has 0 bridgehead atoms. The summed E-state index contributed by atoms with van der Waals surface area (Å²) in [5.41, 5.74) is 0.581. The molecule has 0 radical (unpaired) electrons. The highest BCUT2D eigenvalue weighted by Gasteiger charge is 2.07. The van der Waals surface area contributed by atoms with Gasteiger partial charge in [-0.1, -0.05) is 12.1 Å². The predicted molar refractivity (Wildman–Crippen MR) is 72.4 cm³/mol. The molecule has 0 saturated carbocycles. The van der Waals surface area contributed by atoms with Gasteiger partial charge in [0.05, 0.1) is 24.9 Å². The Balaban J connectivity index is 2.33. The molecule has 0 aliphatic carbocycles. The Labute approximate surface area is 111 Å². The van der Waals surface area contributed by atoms with Gasteiger partial charge in [0.25, 0.3) is 0 Å². The average Bonchev–Trinajstić information content (AvgIpc) is 2.38. The lowest BCUT2D eigenvalue weighted by Gasteiger charge is -2.10. The highest BCUT2D eigenvalue weighted by molar-refractivity contribution is 7.99. The van der Waals surface area contributed by atoms with E-state index in [0.29, 0.717) is 29.4 Å². The van der Waals surface area contributed by atoms with E-state index in [1.807, 2.05) is 6.07 Å². The molecule has 0 spiro atoms. The van der Waals surface area contributed by atoms with Gasteiger partial charge in [-0.05, 0) is 19.1 Å². The van der Waals surface area contributed by atoms with Crippen molar-refractivity contribution < 1.29 is 19.7 Å². The molecule has 0 saturated heterocycles. The predicted octanol–water partition coefficient (Wildman–Crippen LogP) is 1.35. The molecular weight excluding hydrogens is 252 g/mol. The molecule has 5 heteroatoms. The number of benzene rings is 1. The van der Waals surface area contributed by atoms with E-state index in [4.69, 9.17) is 14.9 Å². The number of para-hydroxylation sites is 1. The van der Waals surface area contributed by atoms with Crippen LogP contribution in [0.5, 0.6) is 5.75 Å². The monoisotopic (exact) mass is 270 g/mol. The van der Waals surface area contributed by atoms with Crippen molar-refractivity contribution in [1.82, 2.24) is 0 Å². The van der Waals surface area contributed by atoms with Crippen molar-refractivity contribution >= 4 is 17.5 Å². The summed E-state index contributed by atoms with van der Waals surface area (Å²) in [6.07, 6.45) is -0.681. The highest BCUT2D eigenvalue weighted by Crippen LogP contribution is 2.18. The summed E-state index contributed by atoms with van der Waals surface area (Å²) in [6, 6.07) is 7.13. The summed E-state index contributed by atoms with van der Waals surface area (Å²) in [7, 11) is 0. The highest BCUT2D eigenvalue weighted by atomic mass is 32.2. The van der Waals surface area contributed by atoms with E-state index in [0.717, 1.165) is 0 Å². The summed E-state index contributed by atoms with van der Waals surface area (Å²) < 4.78 is 5.53. The molecule has 100 valence electrons. The van der Waals surface area contributed by atoms with Gasteiger partial charge >= 0.3 is 0 Å². The third-order valence-corrected chi connectivity index (χ3v) is 3.35. The summed E-state index contributed by atoms with van der Waals surface area (Å²) in [5, 5.41) is 17.8. The Morgan fingerprint density at radius 3 is 2.83 bits per heavy atom. The van der Waals surface area contributed by atoms with Crippen molar-refractivity contribution in [3.63, 3.8) is 0 Å². The Bertz CT molecular complexity index is 381. The van der Waals surface area contributed by atoms with Crippen LogP contribution < -0.4 is 4.74 Å². The fourth-order valence-electron chi connectivity index (χ4n) is 1.37. The van der Waals surface area contributed by atoms with Gasteiger partial charge in [0.15, 0.2) is 5.78 Å². The normalized spacial score (nSPS) is 12.2. The van der Waals surface area contributed by atoms with Crippen molar-refractivity contribution in [2.75, 3.05) is 24.7 Å². The molecule has 0 heterocycles. The number of hydrogen-bond donors (Lipinski definition) is 2. The second kappa shape index (κ2) is 8.13. The van der Waals surface area contributed by atoms with E-state index >= 15 is 0 Å². The lowest BCUT2D eigenvalue weighted by atomic mass is 10.1. The Morgan fingerprint density at radius 1 is 1.44 bits per heavy atom. The fraction of sp³-hybridized carbons (Fsp3) is 0.462. The molecule has 1 rings (SSSR count). The van der Waals surface area contributed by atoms with E-state index in [1.54, 1.807) is 18.2 Å². The zero-order chi connectivity index (χ0) is 13.4. The standard InChI is InChI=1S/C13H18O4S/c1-10(15)12-4-2-3-5-13(12)17-6-7-18-9-11(16)8-14/h2-5,11,14,16H,6-9H2,1H3. The zero-order valence-electron chi connectivity index (χ0n) is 10.3. The third kappa shape index (κ3) is 5.08. The van der Waals surface area contributed by atoms with Gasteiger partial charge < -0.3 is 14.9 Å². The minimum Gasteiger partial charge on any atom is -0.492 e. The summed E-state index contributed by atoms with van der Waals surface area (Å²) in [4.78, 5) is 11.3. The molecule has 0 aliphatic heterocycles. The summed E-state index contributed by atoms with van der Waals surface area (Å²) >= 11 is 1.50. The van der Waals surface area contributed by atoms with Crippen LogP contribution in [0.1, 0.15) is 17.3 Å². The topological polar surface area (TPSA) is 66.8 Å². The number of rotatable bonds is 8. The Morgan fingerprint density at radius 2 is 2.17 bits per heavy atom. The van der Waals surface area contributed by atoms with Gasteiger partial charge in [0.2, 0.25) is 0 Å². The first kappa shape index (κ1) is 15.0. The van der Waals surface area contributed by atoms with Crippen LogP contribution in [-0.2, 0) is 0 Å². The van der Waals surface area contributed by atoms with Crippen molar-refractivity contribution in [3.05, 3.63) is 29.8 Å². The van der Waals surface area contributed by atoms with Crippen LogP contribution in [0.25, 0.3) is 0 Å². The molecule has 18 heavy (non-hydrogen) atoms. The number of thioether (sulfide) groups is 1. The molecule has 1 aromatic carbocycles. The van der Waals surface area contributed by atoms with E-state index < -0.39 is 6.10 Å². The second-order valence-corrected chi connectivity index (χ2v) is 4.96. The number of hydrogen-bond acceptors (Lipinski definition) is 5. The minimum atomic E-state index is -0.681. The van der Waals surface area contributed by atoms with Crippen LogP contribution >= 0.6 is 11.8 Å². The lowest BCUT2D eigenvalue weighted by Crippen LogP contribution is -2.16. The van der Waals surface area contributed by atoms with Crippen LogP contribution in [-0.4, -0.2) is 46.8 Å². The van der Waals surface area contributed by atoms with Gasteiger partial charge in [-0.15, -0.1) is 0 Å². The van der Waals surface area contributed by atoms with E-state index in [1.165, 1.54) is 18.7 Å². The fourth-order valence-corrected chi connectivity index (χ4v) is 2.11. The maximum Gasteiger partial charge on any atom is 0.163 e. The van der Waals surface area contributed by atoms with Gasteiger partial charge in [0.1, 0.15) is 5.75 Å². The number of carbonyl (C=O) groups is 1. The number of aliphatic hydroxyl groups excluding tert-OH is 2. The number of aliphatic hydroxyl groups is 2. The molecule has 0 fully saturated rings. The maximum absolute atomic E-state index is 11.3. The van der Waals surface area contributed by atoms with Gasteiger partial charge in [-0.2, -0.15) is 11.8 Å². The molecule has 1 aromatic rings. The molecule has 1 unspecified atom stereocenters. The first-order chi connectivity index (χ1) is 8.65. The van der Waals surface area contributed by atoms with Crippen molar-refractivity contribution in [2.45, 2.75) is 13.0 Å². The molecule has 1 atom stereocenters. The van der Waals surface area contributed by atoms with Crippen molar-refractivity contribution in [1.29, 1.82) is 0 Å². The number of ether oxygens (including phenoxy) is 1. The Hall–Kier alpha value is -1.04. The lowest BCUT2D eigenvalue weighted by molar-refractivity contribution is 0.101. The van der Waals surface area contributed by atoms with E-state index in [-0.39, 0.29) is 12.4 Å². The third-order valence-electron chi connectivity index (χ3n) is 2.27. The van der Waals surface area contributed by atoms with Crippen LogP contribution in [0.4, 0.5) is 0 Å². The first-order valence-electron chi connectivity index (χ1n) is 5.74. The van der Waals surface area contributed by atoms with Crippen molar-refractivity contribution in [2.24, 2.45) is 0 Å². The summed E-state index contributed by atoms with van der Waals surface area (Å²) in [6.45, 7) is 1.75. The van der Waals surface area contributed by atoms with E-state index in [2.05, 4.69) is 0 Å². The molecule has 4 nitrogen and oxygen atoms in total. The second-order valence-electron chi connectivity index (χ2n) is 3.81. The number of ketones is 1. The number of carbonyl (C=O) groups excluding carboxylic acids is 1. The van der Waals surface area contributed by atoms with Gasteiger partial charge in [0, 0.05) is 11.5 Å². The van der Waals surface area contributed by atoms with Crippen LogP contribution in [0, 0.1) is 0 Å². The van der Waals surface area contributed by atoms with Gasteiger partial charge in [-0.25, -0.2) is 0 Å². The Kier molecular flexibility index (Phi) is 6.78. The maximum atomic E-state index is 11.3. The zero-order valence-corrected chi connectivity index (χ0v) is 11.2. The molecule has 2 N–H and O–H groups in total.